The Bertz CT molecular complexity index is 659. The molecule has 0 aliphatic carbocycles. The highest BCUT2D eigenvalue weighted by Gasteiger charge is 2.05. The zero-order valence-corrected chi connectivity index (χ0v) is 13.1. The number of benzene rings is 2. The fourth-order valence-corrected chi connectivity index (χ4v) is 1.96. The molecule has 1 amide bonds. The molecule has 2 rings (SSSR count). The van der Waals surface area contributed by atoms with Crippen LogP contribution in [-0.4, -0.2) is 26.2 Å². The normalized spacial score (nSPS) is 10.0. The van der Waals surface area contributed by atoms with Crippen molar-refractivity contribution in [3.8, 4) is 11.5 Å². The first-order valence-corrected chi connectivity index (χ1v) is 7.16. The summed E-state index contributed by atoms with van der Waals surface area (Å²) < 4.78 is 24.2. The van der Waals surface area contributed by atoms with E-state index in [-0.39, 0.29) is 11.6 Å². The number of methoxy groups -OCH3 is 1. The van der Waals surface area contributed by atoms with Gasteiger partial charge in [0.05, 0.1) is 12.8 Å². The van der Waals surface area contributed by atoms with Gasteiger partial charge in [0.2, 0.25) is 5.91 Å². The minimum absolute atomic E-state index is 0.151. The fraction of sp³-hybridized carbons (Fsp3) is 0.235. The third kappa shape index (κ3) is 5.18. The van der Waals surface area contributed by atoms with Crippen molar-refractivity contribution in [3.05, 3.63) is 48.3 Å². The van der Waals surface area contributed by atoms with Gasteiger partial charge in [-0.15, -0.1) is 0 Å². The van der Waals surface area contributed by atoms with Crippen molar-refractivity contribution in [2.45, 2.75) is 6.92 Å². The van der Waals surface area contributed by atoms with E-state index >= 15 is 0 Å². The molecule has 0 bridgehead atoms. The minimum atomic E-state index is -0.472. The summed E-state index contributed by atoms with van der Waals surface area (Å²) in [5.41, 5.74) is 0.854. The molecule has 2 aromatic carbocycles. The third-order valence-electron chi connectivity index (χ3n) is 3.04. The average Bonchev–Trinajstić information content (AvgIpc) is 2.54. The van der Waals surface area contributed by atoms with Crippen LogP contribution in [0.15, 0.2) is 42.5 Å². The Hall–Kier alpha value is -2.76. The molecule has 122 valence electrons. The first-order valence-electron chi connectivity index (χ1n) is 7.16. The number of hydrogen-bond donors (Lipinski definition) is 2. The van der Waals surface area contributed by atoms with E-state index in [4.69, 9.17) is 9.47 Å². The molecule has 0 unspecified atom stereocenters. The SMILES string of the molecule is COc1ccc(OCCNc2ccc(F)c(NC(C)=O)c2)cc1. The lowest BCUT2D eigenvalue weighted by Gasteiger charge is -2.11. The number of halogens is 1. The van der Waals surface area contributed by atoms with Gasteiger partial charge in [-0.1, -0.05) is 0 Å². The van der Waals surface area contributed by atoms with Crippen LogP contribution in [-0.2, 0) is 4.79 Å². The topological polar surface area (TPSA) is 59.6 Å². The van der Waals surface area contributed by atoms with Crippen molar-refractivity contribution in [2.75, 3.05) is 30.9 Å². The number of ether oxygens (including phenoxy) is 2. The molecule has 0 fully saturated rings. The first-order chi connectivity index (χ1) is 11.1. The smallest absolute Gasteiger partial charge is 0.221 e. The van der Waals surface area contributed by atoms with Crippen LogP contribution in [0.1, 0.15) is 6.92 Å². The highest BCUT2D eigenvalue weighted by molar-refractivity contribution is 5.89. The summed E-state index contributed by atoms with van der Waals surface area (Å²) in [6, 6.07) is 11.7. The van der Waals surface area contributed by atoms with Crippen molar-refractivity contribution in [1.29, 1.82) is 0 Å². The van der Waals surface area contributed by atoms with Gasteiger partial charge in [0.1, 0.15) is 23.9 Å². The van der Waals surface area contributed by atoms with Crippen molar-refractivity contribution < 1.29 is 18.7 Å². The zero-order chi connectivity index (χ0) is 16.7. The van der Waals surface area contributed by atoms with E-state index in [0.717, 1.165) is 11.5 Å². The summed E-state index contributed by atoms with van der Waals surface area (Å²) >= 11 is 0. The van der Waals surface area contributed by atoms with Gasteiger partial charge in [0, 0.05) is 19.2 Å². The van der Waals surface area contributed by atoms with Gasteiger partial charge in [-0.2, -0.15) is 0 Å². The Balaban J connectivity index is 1.82. The standard InChI is InChI=1S/C17H19FN2O3/c1-12(21)20-17-11-13(3-8-16(17)18)19-9-10-23-15-6-4-14(22-2)5-7-15/h3-8,11,19H,9-10H2,1-2H3,(H,20,21). The number of carbonyl (C=O) groups is 1. The number of rotatable bonds is 7. The molecular formula is C17H19FN2O3. The second-order valence-corrected chi connectivity index (χ2v) is 4.83. The zero-order valence-electron chi connectivity index (χ0n) is 13.1. The minimum Gasteiger partial charge on any atom is -0.497 e. The van der Waals surface area contributed by atoms with Crippen LogP contribution < -0.4 is 20.1 Å². The molecule has 0 radical (unpaired) electrons. The van der Waals surface area contributed by atoms with E-state index in [2.05, 4.69) is 10.6 Å². The Kier molecular flexibility index (Phi) is 5.80. The van der Waals surface area contributed by atoms with Gasteiger partial charge in [-0.25, -0.2) is 4.39 Å². The lowest BCUT2D eigenvalue weighted by Crippen LogP contribution is -2.12. The molecular weight excluding hydrogens is 299 g/mol. The number of carbonyl (C=O) groups excluding carboxylic acids is 1. The second kappa shape index (κ2) is 8.03. The summed E-state index contributed by atoms with van der Waals surface area (Å²) in [5, 5.41) is 5.55. The number of hydrogen-bond acceptors (Lipinski definition) is 4. The number of amides is 1. The van der Waals surface area contributed by atoms with Crippen LogP contribution >= 0.6 is 0 Å². The van der Waals surface area contributed by atoms with E-state index in [1.54, 1.807) is 19.2 Å². The van der Waals surface area contributed by atoms with Crippen molar-refractivity contribution in [2.24, 2.45) is 0 Å². The summed E-state index contributed by atoms with van der Waals surface area (Å²) in [6.07, 6.45) is 0. The highest BCUT2D eigenvalue weighted by Crippen LogP contribution is 2.20. The molecule has 2 aromatic rings. The van der Waals surface area contributed by atoms with Gasteiger partial charge in [-0.05, 0) is 42.5 Å². The summed E-state index contributed by atoms with van der Waals surface area (Å²) in [7, 11) is 1.61. The Morgan fingerprint density at radius 2 is 1.83 bits per heavy atom. The quantitative estimate of drug-likeness (QED) is 0.769. The third-order valence-corrected chi connectivity index (χ3v) is 3.04. The summed E-state index contributed by atoms with van der Waals surface area (Å²) in [6.45, 7) is 2.32. The van der Waals surface area contributed by atoms with Crippen LogP contribution in [0.3, 0.4) is 0 Å². The van der Waals surface area contributed by atoms with Gasteiger partial charge in [-0.3, -0.25) is 4.79 Å². The predicted octanol–water partition coefficient (Wildman–Crippen LogP) is 3.28. The molecule has 0 aliphatic rings. The lowest BCUT2D eigenvalue weighted by molar-refractivity contribution is -0.114. The largest absolute Gasteiger partial charge is 0.497 e. The summed E-state index contributed by atoms with van der Waals surface area (Å²) in [4.78, 5) is 11.0. The first kappa shape index (κ1) is 16.6. The van der Waals surface area contributed by atoms with E-state index in [1.807, 2.05) is 24.3 Å². The molecule has 23 heavy (non-hydrogen) atoms. The van der Waals surface area contributed by atoms with E-state index in [1.165, 1.54) is 13.0 Å². The Morgan fingerprint density at radius 3 is 2.48 bits per heavy atom. The maximum atomic E-state index is 13.5. The van der Waals surface area contributed by atoms with E-state index in [9.17, 15) is 9.18 Å². The number of nitrogens with one attached hydrogen (secondary N) is 2. The maximum absolute atomic E-state index is 13.5. The second-order valence-electron chi connectivity index (χ2n) is 4.83. The number of anilines is 2. The van der Waals surface area contributed by atoms with Gasteiger partial charge in [0.25, 0.3) is 0 Å². The molecule has 0 aromatic heterocycles. The van der Waals surface area contributed by atoms with Crippen LogP contribution in [0.25, 0.3) is 0 Å². The molecule has 0 heterocycles. The molecule has 6 heteroatoms. The maximum Gasteiger partial charge on any atom is 0.221 e. The molecule has 0 atom stereocenters. The van der Waals surface area contributed by atoms with Gasteiger partial charge >= 0.3 is 0 Å². The van der Waals surface area contributed by atoms with Gasteiger partial charge in [0.15, 0.2) is 0 Å². The van der Waals surface area contributed by atoms with Crippen molar-refractivity contribution in [3.63, 3.8) is 0 Å². The Labute approximate surface area is 134 Å². The molecule has 5 nitrogen and oxygen atoms in total. The van der Waals surface area contributed by atoms with E-state index in [0.29, 0.717) is 18.8 Å². The van der Waals surface area contributed by atoms with Crippen LogP contribution in [0.4, 0.5) is 15.8 Å². The molecule has 2 N–H and O–H groups in total. The summed E-state index contributed by atoms with van der Waals surface area (Å²) in [5.74, 6) is 0.724. The van der Waals surface area contributed by atoms with Crippen LogP contribution in [0, 0.1) is 5.82 Å². The van der Waals surface area contributed by atoms with Gasteiger partial charge < -0.3 is 20.1 Å². The van der Waals surface area contributed by atoms with E-state index < -0.39 is 5.82 Å². The van der Waals surface area contributed by atoms with Crippen LogP contribution in [0.2, 0.25) is 0 Å². The highest BCUT2D eigenvalue weighted by atomic mass is 19.1. The van der Waals surface area contributed by atoms with Crippen LogP contribution in [0.5, 0.6) is 11.5 Å². The monoisotopic (exact) mass is 318 g/mol. The predicted molar refractivity (Wildman–Crippen MR) is 87.7 cm³/mol. The molecule has 0 saturated heterocycles. The molecule has 0 spiro atoms. The van der Waals surface area contributed by atoms with Crippen molar-refractivity contribution >= 4 is 17.3 Å². The molecule has 0 saturated carbocycles. The van der Waals surface area contributed by atoms with Crippen molar-refractivity contribution in [1.82, 2.24) is 0 Å². The Morgan fingerprint density at radius 1 is 1.13 bits per heavy atom. The molecule has 0 aliphatic heterocycles. The average molecular weight is 318 g/mol. The fourth-order valence-electron chi connectivity index (χ4n) is 1.96. The lowest BCUT2D eigenvalue weighted by atomic mass is 10.2.